The van der Waals surface area contributed by atoms with Crippen LogP contribution < -0.4 is 34.9 Å². The van der Waals surface area contributed by atoms with Gasteiger partial charge in [0, 0.05) is 24.7 Å². The quantitative estimate of drug-likeness (QED) is 0.333. The number of hydrogen-bond donors (Lipinski definition) is 3. The van der Waals surface area contributed by atoms with Crippen molar-refractivity contribution < 1.29 is 45.7 Å². The maximum atomic E-state index is 11.9. The van der Waals surface area contributed by atoms with Gasteiger partial charge < -0.3 is 16.8 Å². The van der Waals surface area contributed by atoms with Gasteiger partial charge in [-0.05, 0) is 6.42 Å². The number of nitrogens with zero attached hydrogens (tertiary/aromatic N) is 1. The molecule has 0 aliphatic carbocycles. The van der Waals surface area contributed by atoms with E-state index in [1.54, 1.807) is 6.20 Å². The number of carboxylic acid groups (broad SMARTS) is 1. The Morgan fingerprint density at radius 3 is 2.28 bits per heavy atom. The Morgan fingerprint density at radius 2 is 1.76 bits per heavy atom. The van der Waals surface area contributed by atoms with Gasteiger partial charge in [0.25, 0.3) is 0 Å². The van der Waals surface area contributed by atoms with E-state index in [9.17, 15) is 14.7 Å². The van der Waals surface area contributed by atoms with Crippen molar-refractivity contribution in [2.45, 2.75) is 83.6 Å². The van der Waals surface area contributed by atoms with Crippen LogP contribution in [0.1, 0.15) is 78.3 Å². The molecule has 0 saturated heterocycles. The second kappa shape index (κ2) is 15.4. The summed E-state index contributed by atoms with van der Waals surface area (Å²) < 4.78 is 0. The van der Waals surface area contributed by atoms with Crippen LogP contribution in [0, 0.1) is 0 Å². The summed E-state index contributed by atoms with van der Waals surface area (Å²) in [5, 5.41) is 11.8. The number of unbranched alkanes of at least 4 members (excludes halogenated alkanes) is 8. The van der Waals surface area contributed by atoms with Crippen LogP contribution in [0.2, 0.25) is 0 Å². The fourth-order valence-electron chi connectivity index (χ4n) is 2.68. The number of aromatic nitrogens is 2. The largest absolute Gasteiger partial charge is 1.00 e. The number of aromatic amines is 1. The van der Waals surface area contributed by atoms with E-state index in [0.29, 0.717) is 12.1 Å². The van der Waals surface area contributed by atoms with E-state index >= 15 is 0 Å². The summed E-state index contributed by atoms with van der Waals surface area (Å²) in [6.07, 6.45) is 14.4. The van der Waals surface area contributed by atoms with Gasteiger partial charge in [0.1, 0.15) is 6.04 Å². The Balaban J connectivity index is 0. The number of carboxylic acids is 1. The molecule has 1 amide bonds. The molecule has 0 aliphatic heterocycles. The summed E-state index contributed by atoms with van der Waals surface area (Å²) in [5.74, 6) is -1.21. The molecule has 1 rings (SSSR count). The number of aliphatic carboxylic acids is 1. The molecule has 6 nitrogen and oxygen atoms in total. The molecule has 1 atom stereocenters. The van der Waals surface area contributed by atoms with Gasteiger partial charge in [0.15, 0.2) is 0 Å². The smallest absolute Gasteiger partial charge is 1.00 e. The monoisotopic (exact) mass is 361 g/mol. The van der Waals surface area contributed by atoms with Gasteiger partial charge in [-0.25, -0.2) is 9.78 Å². The summed E-state index contributed by atoms with van der Waals surface area (Å²) in [7, 11) is 0. The molecule has 0 aromatic carbocycles. The average Bonchev–Trinajstić information content (AvgIpc) is 3.05. The predicted octanol–water partition coefficient (Wildman–Crippen LogP) is 0.559. The zero-order chi connectivity index (χ0) is 17.6. The summed E-state index contributed by atoms with van der Waals surface area (Å²) in [5.41, 5.74) is 0.700. The Bertz CT molecular complexity index is 472. The first-order chi connectivity index (χ1) is 11.6. The van der Waals surface area contributed by atoms with Crippen molar-refractivity contribution in [3.05, 3.63) is 18.2 Å². The van der Waals surface area contributed by atoms with Crippen LogP contribution in [0.15, 0.2) is 12.5 Å². The average molecular weight is 361 g/mol. The molecule has 1 aromatic rings. The van der Waals surface area contributed by atoms with E-state index in [0.717, 1.165) is 19.3 Å². The molecule has 7 heteroatoms. The number of rotatable bonds is 14. The number of H-pyrrole nitrogens is 1. The van der Waals surface area contributed by atoms with Crippen LogP contribution in [0.3, 0.4) is 0 Å². The Kier molecular flexibility index (Phi) is 14.9. The van der Waals surface area contributed by atoms with Crippen LogP contribution in [-0.2, 0) is 16.0 Å². The fourth-order valence-corrected chi connectivity index (χ4v) is 2.68. The van der Waals surface area contributed by atoms with Gasteiger partial charge in [-0.2, -0.15) is 0 Å². The van der Waals surface area contributed by atoms with Crippen LogP contribution in [-0.4, -0.2) is 33.0 Å². The summed E-state index contributed by atoms with van der Waals surface area (Å²) in [4.78, 5) is 29.8. The van der Waals surface area contributed by atoms with E-state index in [2.05, 4.69) is 22.2 Å². The number of carbonyl (C=O) groups excluding carboxylic acids is 1. The molecule has 0 fully saturated rings. The molecule has 0 saturated carbocycles. The van der Waals surface area contributed by atoms with Crippen LogP contribution in [0.25, 0.3) is 0 Å². The second-order valence-electron chi connectivity index (χ2n) is 6.32. The molecule has 138 valence electrons. The predicted molar refractivity (Wildman–Crippen MR) is 94.8 cm³/mol. The van der Waals surface area contributed by atoms with Crippen molar-refractivity contribution in [1.29, 1.82) is 0 Å². The standard InChI is InChI=1S/C18H31N3O3.Na.H/c1-2-3-4-5-6-7-8-9-10-11-17(22)21-16(18(23)24)12-15-13-19-14-20-15;;/h13-14,16H,2-12H2,1H3,(H,19,20)(H,21,22)(H,23,24);;/q;+1;-1/t16-;;/m0../s1. The summed E-state index contributed by atoms with van der Waals surface area (Å²) >= 11 is 0. The first-order valence-electron chi connectivity index (χ1n) is 9.13. The number of hydrogen-bond acceptors (Lipinski definition) is 3. The van der Waals surface area contributed by atoms with Gasteiger partial charge in [-0.15, -0.1) is 0 Å². The zero-order valence-corrected chi connectivity index (χ0v) is 17.7. The van der Waals surface area contributed by atoms with Gasteiger partial charge in [0.2, 0.25) is 5.91 Å². The van der Waals surface area contributed by atoms with Crippen molar-refractivity contribution in [3.8, 4) is 0 Å². The maximum Gasteiger partial charge on any atom is 1.00 e. The third kappa shape index (κ3) is 12.2. The van der Waals surface area contributed by atoms with Crippen molar-refractivity contribution >= 4 is 11.9 Å². The topological polar surface area (TPSA) is 95.1 Å². The van der Waals surface area contributed by atoms with E-state index in [1.807, 2.05) is 0 Å². The zero-order valence-electron chi connectivity index (χ0n) is 16.7. The Morgan fingerprint density at radius 1 is 1.16 bits per heavy atom. The van der Waals surface area contributed by atoms with E-state index < -0.39 is 12.0 Å². The van der Waals surface area contributed by atoms with Gasteiger partial charge in [-0.1, -0.05) is 58.3 Å². The van der Waals surface area contributed by atoms with Crippen LogP contribution in [0.5, 0.6) is 0 Å². The van der Waals surface area contributed by atoms with Crippen LogP contribution in [0.4, 0.5) is 0 Å². The minimum absolute atomic E-state index is 0. The second-order valence-corrected chi connectivity index (χ2v) is 6.32. The molecule has 1 heterocycles. The molecule has 3 N–H and O–H groups in total. The number of nitrogens with one attached hydrogen (secondary N) is 2. The third-order valence-electron chi connectivity index (χ3n) is 4.12. The SMILES string of the molecule is CCCCCCCCCCCC(=O)N[C@@H](Cc1cnc[nH]1)C(=O)O.[H-].[Na+]. The Hall–Kier alpha value is -0.850. The molecular weight excluding hydrogens is 329 g/mol. The first-order valence-corrected chi connectivity index (χ1v) is 9.13. The molecule has 0 radical (unpaired) electrons. The summed E-state index contributed by atoms with van der Waals surface area (Å²) in [6, 6.07) is -0.906. The number of imidazole rings is 1. The third-order valence-corrected chi connectivity index (χ3v) is 4.12. The maximum absolute atomic E-state index is 11.9. The molecule has 0 spiro atoms. The van der Waals surface area contributed by atoms with Gasteiger partial charge >= 0.3 is 35.5 Å². The molecule has 25 heavy (non-hydrogen) atoms. The molecule has 1 aromatic heterocycles. The van der Waals surface area contributed by atoms with E-state index in [1.165, 1.54) is 44.9 Å². The minimum atomic E-state index is -1.02. The molecule has 0 bridgehead atoms. The fraction of sp³-hybridized carbons (Fsp3) is 0.722. The number of amides is 1. The normalized spacial score (nSPS) is 11.6. The summed E-state index contributed by atoms with van der Waals surface area (Å²) in [6.45, 7) is 2.22. The van der Waals surface area contributed by atoms with E-state index in [4.69, 9.17) is 0 Å². The number of carbonyl (C=O) groups is 2. The van der Waals surface area contributed by atoms with E-state index in [-0.39, 0.29) is 43.3 Å². The first kappa shape index (κ1) is 24.1. The molecular formula is C18H32N3NaO3. The van der Waals surface area contributed by atoms with Gasteiger partial charge in [0.05, 0.1) is 6.33 Å². The van der Waals surface area contributed by atoms with Crippen molar-refractivity contribution in [2.24, 2.45) is 0 Å². The molecule has 0 aliphatic rings. The van der Waals surface area contributed by atoms with Crippen molar-refractivity contribution in [3.63, 3.8) is 0 Å². The molecule has 0 unspecified atom stereocenters. The van der Waals surface area contributed by atoms with Gasteiger partial charge in [-0.3, -0.25) is 4.79 Å². The van der Waals surface area contributed by atoms with Crippen LogP contribution >= 0.6 is 0 Å². The van der Waals surface area contributed by atoms with Crippen molar-refractivity contribution in [2.75, 3.05) is 0 Å². The van der Waals surface area contributed by atoms with Crippen molar-refractivity contribution in [1.82, 2.24) is 15.3 Å². The Labute approximate surface area is 174 Å². The minimum Gasteiger partial charge on any atom is -1.00 e.